The van der Waals surface area contributed by atoms with E-state index in [-0.39, 0.29) is 18.0 Å². The van der Waals surface area contributed by atoms with Crippen LogP contribution in [-0.4, -0.2) is 42.6 Å². The van der Waals surface area contributed by atoms with Crippen LogP contribution in [0, 0.1) is 5.41 Å². The lowest BCUT2D eigenvalue weighted by Gasteiger charge is -2.27. The molecule has 0 heterocycles. The Kier molecular flexibility index (Phi) is 8.06. The van der Waals surface area contributed by atoms with Crippen LogP contribution >= 0.6 is 0 Å². The van der Waals surface area contributed by atoms with Crippen molar-refractivity contribution in [1.82, 2.24) is 10.2 Å². The molecule has 0 aliphatic carbocycles. The van der Waals surface area contributed by atoms with Crippen molar-refractivity contribution in [2.45, 2.75) is 44.8 Å². The molecule has 106 valence electrons. The lowest BCUT2D eigenvalue weighted by Crippen LogP contribution is -2.50. The summed E-state index contributed by atoms with van der Waals surface area (Å²) in [6.07, 6.45) is 2.65. The summed E-state index contributed by atoms with van der Waals surface area (Å²) in [5.74, 6) is -0.212. The summed E-state index contributed by atoms with van der Waals surface area (Å²) in [4.78, 5) is 13.4. The minimum Gasteiger partial charge on any atom is -0.370 e. The number of carbonyl (C=O) groups excluding carboxylic acids is 1. The molecular weight excluding hydrogens is 232 g/mol. The summed E-state index contributed by atoms with van der Waals surface area (Å²) in [5.41, 5.74) is 16.8. The lowest BCUT2D eigenvalue weighted by atomic mass is 10.1. The van der Waals surface area contributed by atoms with Gasteiger partial charge in [0.25, 0.3) is 0 Å². The van der Waals surface area contributed by atoms with Crippen LogP contribution < -0.4 is 22.5 Å². The van der Waals surface area contributed by atoms with Crippen molar-refractivity contribution < 1.29 is 4.79 Å². The van der Waals surface area contributed by atoms with Gasteiger partial charge in [0.2, 0.25) is 5.91 Å². The van der Waals surface area contributed by atoms with Crippen LogP contribution in [0.15, 0.2) is 0 Å². The number of nitrogens with zero attached hydrogens (tertiary/aromatic N) is 1. The first kappa shape index (κ1) is 16.7. The smallest absolute Gasteiger partial charge is 0.240 e. The molecule has 2 atom stereocenters. The molecular formula is C11H26N6O. The monoisotopic (exact) mass is 258 g/mol. The molecule has 8 N–H and O–H groups in total. The van der Waals surface area contributed by atoms with E-state index < -0.39 is 6.04 Å². The molecule has 0 saturated carbocycles. The van der Waals surface area contributed by atoms with Gasteiger partial charge in [-0.1, -0.05) is 13.3 Å². The van der Waals surface area contributed by atoms with Crippen LogP contribution in [0.3, 0.4) is 0 Å². The number of guanidine groups is 1. The van der Waals surface area contributed by atoms with E-state index in [0.717, 1.165) is 12.8 Å². The molecule has 7 heteroatoms. The summed E-state index contributed by atoms with van der Waals surface area (Å²) in [6.45, 7) is 2.56. The molecule has 18 heavy (non-hydrogen) atoms. The van der Waals surface area contributed by atoms with Crippen molar-refractivity contribution >= 4 is 11.9 Å². The Morgan fingerprint density at radius 2 is 2.00 bits per heavy atom. The van der Waals surface area contributed by atoms with Crippen LogP contribution in [0.5, 0.6) is 0 Å². The number of hydrogen-bond donors (Lipinski definition) is 5. The molecule has 0 aliphatic rings. The molecule has 0 bridgehead atoms. The highest BCUT2D eigenvalue weighted by molar-refractivity contribution is 5.81. The highest BCUT2D eigenvalue weighted by Gasteiger charge is 2.21. The second-order valence-electron chi connectivity index (χ2n) is 4.39. The van der Waals surface area contributed by atoms with E-state index in [4.69, 9.17) is 22.6 Å². The lowest BCUT2D eigenvalue weighted by molar-refractivity contribution is -0.133. The average Bonchev–Trinajstić information content (AvgIpc) is 2.32. The molecule has 7 nitrogen and oxygen atoms in total. The van der Waals surface area contributed by atoms with Crippen molar-refractivity contribution in [3.8, 4) is 0 Å². The predicted molar refractivity (Wildman–Crippen MR) is 72.8 cm³/mol. The highest BCUT2D eigenvalue weighted by atomic mass is 16.2. The van der Waals surface area contributed by atoms with Crippen molar-refractivity contribution in [3.63, 3.8) is 0 Å². The number of hydrogen-bond acceptors (Lipinski definition) is 4. The van der Waals surface area contributed by atoms with E-state index in [1.807, 2.05) is 6.92 Å². The van der Waals surface area contributed by atoms with Gasteiger partial charge < -0.3 is 27.4 Å². The molecule has 0 radical (unpaired) electrons. The number of nitrogens with one attached hydrogen (secondary N) is 2. The van der Waals surface area contributed by atoms with Crippen LogP contribution in [0.2, 0.25) is 0 Å². The van der Waals surface area contributed by atoms with Crippen molar-refractivity contribution in [3.05, 3.63) is 0 Å². The molecule has 0 fully saturated rings. The molecule has 2 unspecified atom stereocenters. The third-order valence-corrected chi connectivity index (χ3v) is 2.75. The Morgan fingerprint density at radius 1 is 1.39 bits per heavy atom. The summed E-state index contributed by atoms with van der Waals surface area (Å²) in [5, 5.41) is 9.65. The van der Waals surface area contributed by atoms with Crippen molar-refractivity contribution in [1.29, 1.82) is 5.41 Å². The highest BCUT2D eigenvalue weighted by Crippen LogP contribution is 2.04. The minimum absolute atomic E-state index is 0.0722. The van der Waals surface area contributed by atoms with E-state index in [1.165, 1.54) is 4.90 Å². The minimum atomic E-state index is -0.549. The van der Waals surface area contributed by atoms with Gasteiger partial charge in [0.1, 0.15) is 0 Å². The largest absolute Gasteiger partial charge is 0.370 e. The molecule has 0 spiro atoms. The Balaban J connectivity index is 3.97. The van der Waals surface area contributed by atoms with Gasteiger partial charge in [-0.15, -0.1) is 0 Å². The van der Waals surface area contributed by atoms with Crippen molar-refractivity contribution in [2.24, 2.45) is 17.2 Å². The van der Waals surface area contributed by atoms with Gasteiger partial charge in [-0.2, -0.15) is 0 Å². The van der Waals surface area contributed by atoms with E-state index in [2.05, 4.69) is 5.32 Å². The fraction of sp³-hybridized carbons (Fsp3) is 0.818. The van der Waals surface area contributed by atoms with Crippen molar-refractivity contribution in [2.75, 3.05) is 13.6 Å². The molecule has 0 aromatic carbocycles. The maximum atomic E-state index is 11.9. The topological polar surface area (TPSA) is 134 Å². The summed E-state index contributed by atoms with van der Waals surface area (Å²) < 4.78 is 0. The predicted octanol–water partition coefficient (Wildman–Crippen LogP) is -0.880. The second-order valence-corrected chi connectivity index (χ2v) is 4.39. The van der Waals surface area contributed by atoms with Gasteiger partial charge >= 0.3 is 0 Å². The zero-order valence-electron chi connectivity index (χ0n) is 11.3. The summed E-state index contributed by atoms with van der Waals surface area (Å²) >= 11 is 0. The number of amides is 1. The van der Waals surface area contributed by atoms with Gasteiger partial charge in [-0.25, -0.2) is 0 Å². The van der Waals surface area contributed by atoms with Gasteiger partial charge in [-0.05, 0) is 19.3 Å². The van der Waals surface area contributed by atoms with Crippen LogP contribution in [0.4, 0.5) is 0 Å². The molecule has 0 saturated heterocycles. The normalized spacial score (nSPS) is 13.8. The number of carbonyl (C=O) groups is 1. The SMILES string of the molecule is CCCC(N)N(C)C(=O)C(N)CCCNC(=N)N. The average molecular weight is 258 g/mol. The Labute approximate surface area is 109 Å². The van der Waals surface area contributed by atoms with Gasteiger partial charge in [0.05, 0.1) is 12.2 Å². The zero-order chi connectivity index (χ0) is 14.1. The van der Waals surface area contributed by atoms with Gasteiger partial charge in [0.15, 0.2) is 5.96 Å². The van der Waals surface area contributed by atoms with Gasteiger partial charge in [-0.3, -0.25) is 10.2 Å². The molecule has 0 aromatic rings. The second kappa shape index (κ2) is 8.71. The van der Waals surface area contributed by atoms with E-state index >= 15 is 0 Å². The number of likely N-dealkylation sites (N-methyl/N-ethyl adjacent to an activating group) is 1. The first-order valence-electron chi connectivity index (χ1n) is 6.25. The molecule has 0 rings (SSSR count). The fourth-order valence-corrected chi connectivity index (χ4v) is 1.58. The third-order valence-electron chi connectivity index (χ3n) is 2.75. The summed E-state index contributed by atoms with van der Waals surface area (Å²) in [7, 11) is 1.68. The molecule has 0 aromatic heterocycles. The number of nitrogens with two attached hydrogens (primary N) is 3. The first-order chi connectivity index (χ1) is 8.40. The maximum absolute atomic E-state index is 11.9. The fourth-order valence-electron chi connectivity index (χ4n) is 1.58. The quantitative estimate of drug-likeness (QED) is 0.167. The Bertz CT molecular complexity index is 270. The van der Waals surface area contributed by atoms with E-state index in [1.54, 1.807) is 7.05 Å². The van der Waals surface area contributed by atoms with Crippen LogP contribution in [0.25, 0.3) is 0 Å². The molecule has 1 amide bonds. The van der Waals surface area contributed by atoms with E-state index in [9.17, 15) is 4.79 Å². The summed E-state index contributed by atoms with van der Waals surface area (Å²) in [6, 6.07) is -0.549. The van der Waals surface area contributed by atoms with Gasteiger partial charge in [0, 0.05) is 13.6 Å². The Hall–Kier alpha value is -1.34. The number of rotatable bonds is 8. The van der Waals surface area contributed by atoms with E-state index in [0.29, 0.717) is 19.4 Å². The molecule has 0 aliphatic heterocycles. The maximum Gasteiger partial charge on any atom is 0.240 e. The van der Waals surface area contributed by atoms with Crippen LogP contribution in [0.1, 0.15) is 32.6 Å². The van der Waals surface area contributed by atoms with Crippen LogP contribution in [-0.2, 0) is 4.79 Å². The first-order valence-corrected chi connectivity index (χ1v) is 6.25. The Morgan fingerprint density at radius 3 is 2.50 bits per heavy atom. The third kappa shape index (κ3) is 6.41. The zero-order valence-corrected chi connectivity index (χ0v) is 11.3. The standard InChI is InChI=1S/C11H26N6O/c1-3-5-9(13)17(2)10(18)8(12)6-4-7-16-11(14)15/h8-9H,3-7,12-13H2,1-2H3,(H4,14,15,16).